The number of hydrogen-bond acceptors (Lipinski definition) is 7. The Morgan fingerprint density at radius 1 is 1.05 bits per heavy atom. The number of ether oxygens (including phenoxy) is 2. The molecule has 0 bridgehead atoms. The monoisotopic (exact) mass is 597 g/mol. The maximum Gasteiger partial charge on any atom is 0.420 e. The Kier molecular flexibility index (Phi) is 8.10. The van der Waals surface area contributed by atoms with Crippen LogP contribution in [-0.2, 0) is 17.1 Å². The summed E-state index contributed by atoms with van der Waals surface area (Å²) in [5, 5.41) is 29.5. The van der Waals surface area contributed by atoms with Crippen LogP contribution in [0.2, 0.25) is 0 Å². The smallest absolute Gasteiger partial charge is 0.407 e. The van der Waals surface area contributed by atoms with Gasteiger partial charge < -0.3 is 24.8 Å². The zero-order valence-electron chi connectivity index (χ0n) is 20.9. The van der Waals surface area contributed by atoms with Crippen molar-refractivity contribution in [3.8, 4) is 5.75 Å². The number of halogens is 7. The number of amides is 3. The van der Waals surface area contributed by atoms with Crippen LogP contribution in [0.5, 0.6) is 5.75 Å². The van der Waals surface area contributed by atoms with Gasteiger partial charge in [-0.15, -0.1) is 0 Å². The molecule has 4 atom stereocenters. The maximum absolute atomic E-state index is 14.1. The van der Waals surface area contributed by atoms with Crippen LogP contribution in [0.25, 0.3) is 0 Å². The molecule has 4 rings (SSSR count). The van der Waals surface area contributed by atoms with Crippen LogP contribution in [0.15, 0.2) is 36.4 Å². The lowest BCUT2D eigenvalue weighted by molar-refractivity contribution is -0.143. The molecular formula is C24H22F7N3O7. The SMILES string of the molecule is CN(C(=O)Oc1c(N2CCN(C3OC(CO)C(O)C3O)C2=O)cc(C(F)(F)F)cc1C(F)(F)F)c1ccc(F)cc1. The largest absolute Gasteiger partial charge is 0.420 e. The van der Waals surface area contributed by atoms with Crippen LogP contribution >= 0.6 is 0 Å². The molecule has 224 valence electrons. The number of rotatable bonds is 5. The Balaban J connectivity index is 1.77. The van der Waals surface area contributed by atoms with Crippen LogP contribution in [0.1, 0.15) is 11.1 Å². The predicted octanol–water partition coefficient (Wildman–Crippen LogP) is 3.18. The molecule has 2 fully saturated rings. The first kappa shape index (κ1) is 30.3. The molecule has 4 unspecified atom stereocenters. The highest BCUT2D eigenvalue weighted by Gasteiger charge is 2.50. The third-order valence-electron chi connectivity index (χ3n) is 6.54. The van der Waals surface area contributed by atoms with Gasteiger partial charge in [0.2, 0.25) is 0 Å². The van der Waals surface area contributed by atoms with Gasteiger partial charge in [0.15, 0.2) is 12.0 Å². The lowest BCUT2D eigenvalue weighted by Gasteiger charge is -2.28. The molecule has 2 aliphatic rings. The summed E-state index contributed by atoms with van der Waals surface area (Å²) in [5.41, 5.74) is -4.91. The average molecular weight is 597 g/mol. The van der Waals surface area contributed by atoms with E-state index in [1.54, 1.807) is 0 Å². The van der Waals surface area contributed by atoms with Crippen molar-refractivity contribution in [2.45, 2.75) is 36.9 Å². The molecule has 2 aromatic rings. The van der Waals surface area contributed by atoms with Gasteiger partial charge >= 0.3 is 24.5 Å². The highest BCUT2D eigenvalue weighted by molar-refractivity contribution is 5.98. The minimum atomic E-state index is -5.49. The van der Waals surface area contributed by atoms with Gasteiger partial charge in [-0.1, -0.05) is 0 Å². The van der Waals surface area contributed by atoms with Crippen LogP contribution in [0.4, 0.5) is 51.7 Å². The minimum Gasteiger partial charge on any atom is -0.407 e. The van der Waals surface area contributed by atoms with E-state index in [0.717, 1.165) is 36.2 Å². The second-order valence-electron chi connectivity index (χ2n) is 9.13. The Bertz CT molecular complexity index is 1310. The van der Waals surface area contributed by atoms with E-state index in [9.17, 15) is 55.6 Å². The summed E-state index contributed by atoms with van der Waals surface area (Å²) >= 11 is 0. The Labute approximate surface area is 226 Å². The molecule has 17 heteroatoms. The van der Waals surface area contributed by atoms with E-state index in [4.69, 9.17) is 9.47 Å². The van der Waals surface area contributed by atoms with E-state index in [0.29, 0.717) is 9.80 Å². The van der Waals surface area contributed by atoms with Gasteiger partial charge in [-0.05, 0) is 36.4 Å². The summed E-state index contributed by atoms with van der Waals surface area (Å²) in [6.45, 7) is -1.70. The fourth-order valence-corrected chi connectivity index (χ4v) is 4.37. The Hall–Kier alpha value is -3.67. The van der Waals surface area contributed by atoms with Gasteiger partial charge in [0.25, 0.3) is 0 Å². The summed E-state index contributed by atoms with van der Waals surface area (Å²) < 4.78 is 107. The van der Waals surface area contributed by atoms with Gasteiger partial charge in [0, 0.05) is 25.8 Å². The first-order valence-electron chi connectivity index (χ1n) is 11.8. The Morgan fingerprint density at radius 2 is 1.68 bits per heavy atom. The quantitative estimate of drug-likeness (QED) is 0.453. The van der Waals surface area contributed by atoms with Crippen molar-refractivity contribution in [3.63, 3.8) is 0 Å². The van der Waals surface area contributed by atoms with Crippen LogP contribution in [0.3, 0.4) is 0 Å². The van der Waals surface area contributed by atoms with Crippen molar-refractivity contribution >= 4 is 23.5 Å². The highest BCUT2D eigenvalue weighted by atomic mass is 19.4. The molecule has 0 saturated carbocycles. The summed E-state index contributed by atoms with van der Waals surface area (Å²) in [7, 11) is 1.05. The van der Waals surface area contributed by atoms with Gasteiger partial charge in [0.05, 0.1) is 17.9 Å². The molecule has 2 saturated heterocycles. The second kappa shape index (κ2) is 11.0. The van der Waals surface area contributed by atoms with E-state index in [2.05, 4.69) is 0 Å². The van der Waals surface area contributed by atoms with Crippen molar-refractivity contribution in [1.82, 2.24) is 4.90 Å². The van der Waals surface area contributed by atoms with Crippen molar-refractivity contribution in [2.75, 3.05) is 36.5 Å². The maximum atomic E-state index is 14.1. The lowest BCUT2D eigenvalue weighted by Crippen LogP contribution is -2.46. The number of hydrogen-bond donors (Lipinski definition) is 3. The molecule has 2 heterocycles. The number of benzene rings is 2. The van der Waals surface area contributed by atoms with E-state index in [1.807, 2.05) is 0 Å². The number of aliphatic hydroxyl groups excluding tert-OH is 3. The fourth-order valence-electron chi connectivity index (χ4n) is 4.37. The molecule has 0 radical (unpaired) electrons. The fraction of sp³-hybridized carbons (Fsp3) is 0.417. The predicted molar refractivity (Wildman–Crippen MR) is 124 cm³/mol. The van der Waals surface area contributed by atoms with Crippen molar-refractivity contribution < 1.29 is 65.1 Å². The van der Waals surface area contributed by atoms with E-state index in [1.165, 1.54) is 0 Å². The van der Waals surface area contributed by atoms with Crippen LogP contribution < -0.4 is 14.5 Å². The lowest BCUT2D eigenvalue weighted by atomic mass is 10.1. The summed E-state index contributed by atoms with van der Waals surface area (Å²) in [6.07, 6.45) is -18.6. The first-order valence-corrected chi connectivity index (χ1v) is 11.8. The second-order valence-corrected chi connectivity index (χ2v) is 9.13. The molecule has 0 aliphatic carbocycles. The van der Waals surface area contributed by atoms with Gasteiger partial charge in [-0.3, -0.25) is 14.7 Å². The number of anilines is 2. The third kappa shape index (κ3) is 5.88. The normalized spacial score (nSPS) is 23.3. The van der Waals surface area contributed by atoms with E-state index in [-0.39, 0.29) is 17.8 Å². The third-order valence-corrected chi connectivity index (χ3v) is 6.54. The average Bonchev–Trinajstić information content (AvgIpc) is 3.41. The topological polar surface area (TPSA) is 123 Å². The van der Waals surface area contributed by atoms with Gasteiger partial charge in [-0.2, -0.15) is 26.3 Å². The molecule has 0 spiro atoms. The number of urea groups is 1. The number of nitrogens with zero attached hydrogens (tertiary/aromatic N) is 3. The van der Waals surface area contributed by atoms with E-state index < -0.39 is 97.1 Å². The zero-order chi connectivity index (χ0) is 30.4. The van der Waals surface area contributed by atoms with Gasteiger partial charge in [0.1, 0.15) is 29.7 Å². The van der Waals surface area contributed by atoms with Crippen molar-refractivity contribution in [2.24, 2.45) is 0 Å². The molecule has 3 N–H and O–H groups in total. The highest BCUT2D eigenvalue weighted by Crippen LogP contribution is 2.47. The molecule has 3 amide bonds. The van der Waals surface area contributed by atoms with E-state index >= 15 is 0 Å². The number of carbonyl (C=O) groups is 2. The summed E-state index contributed by atoms with van der Waals surface area (Å²) in [6, 6.07) is 2.77. The first-order chi connectivity index (χ1) is 19.0. The number of alkyl halides is 6. The summed E-state index contributed by atoms with van der Waals surface area (Å²) in [5.74, 6) is -2.10. The molecule has 2 aromatic carbocycles. The number of carbonyl (C=O) groups excluding carboxylic acids is 2. The van der Waals surface area contributed by atoms with Crippen molar-refractivity contribution in [3.05, 3.63) is 53.3 Å². The van der Waals surface area contributed by atoms with Crippen molar-refractivity contribution in [1.29, 1.82) is 0 Å². The summed E-state index contributed by atoms with van der Waals surface area (Å²) in [4.78, 5) is 28.0. The molecular weight excluding hydrogens is 575 g/mol. The zero-order valence-corrected chi connectivity index (χ0v) is 20.9. The molecule has 41 heavy (non-hydrogen) atoms. The molecule has 2 aliphatic heterocycles. The minimum absolute atomic E-state index is 0.0359. The number of aliphatic hydroxyl groups is 3. The standard InChI is InChI=1S/C24H22F7N3O7/c1-32(13-4-2-12(25)3-5-13)22(39)41-19-14(24(29,30)31)8-11(23(26,27)28)9-15(19)33-6-7-34(21(33)38)20-18(37)17(36)16(10-35)40-20/h2-5,8-9,16-18,20,35-37H,6-7,10H2,1H3. The van der Waals surface area contributed by atoms with Gasteiger partial charge in [-0.25, -0.2) is 14.0 Å². The van der Waals surface area contributed by atoms with Crippen LogP contribution in [-0.4, -0.2) is 83.6 Å². The Morgan fingerprint density at radius 3 is 2.22 bits per heavy atom. The molecule has 0 aromatic heterocycles. The molecule has 10 nitrogen and oxygen atoms in total. The van der Waals surface area contributed by atoms with Crippen LogP contribution in [0, 0.1) is 5.82 Å².